The Kier molecular flexibility index (Phi) is 11.4. The van der Waals surface area contributed by atoms with Gasteiger partial charge in [0.15, 0.2) is 12.6 Å². The molecule has 0 aromatic heterocycles. The molecule has 11 nitrogen and oxygen atoms in total. The highest BCUT2D eigenvalue weighted by Gasteiger charge is 2.50. The van der Waals surface area contributed by atoms with E-state index in [1.165, 1.54) is 19.3 Å². The molecule has 228 valence electrons. The summed E-state index contributed by atoms with van der Waals surface area (Å²) in [5.74, 6) is 0.561. The van der Waals surface area contributed by atoms with Crippen LogP contribution < -0.4 is 0 Å². The number of ether oxygens (including phenoxy) is 5. The van der Waals surface area contributed by atoms with E-state index < -0.39 is 80.2 Å². The molecule has 39 heavy (non-hydrogen) atoms. The van der Waals surface area contributed by atoms with Crippen LogP contribution in [-0.4, -0.2) is 117 Å². The minimum Gasteiger partial charge on any atom is -0.394 e. The Morgan fingerprint density at radius 2 is 1.41 bits per heavy atom. The van der Waals surface area contributed by atoms with Crippen LogP contribution in [-0.2, 0) is 23.7 Å². The average molecular weight is 563 g/mol. The summed E-state index contributed by atoms with van der Waals surface area (Å²) in [6, 6.07) is 0. The molecule has 2 aliphatic carbocycles. The van der Waals surface area contributed by atoms with Gasteiger partial charge in [0.2, 0.25) is 0 Å². The molecule has 0 amide bonds. The Bertz CT molecular complexity index is 736. The molecular weight excluding hydrogens is 512 g/mol. The molecule has 2 saturated heterocycles. The Hall–Kier alpha value is -0.440. The number of hydrogen-bond donors (Lipinski definition) is 6. The lowest BCUT2D eigenvalue weighted by atomic mass is 9.85. The van der Waals surface area contributed by atoms with Gasteiger partial charge in [-0.1, -0.05) is 45.4 Å². The largest absolute Gasteiger partial charge is 0.394 e. The normalized spacial score (nSPS) is 47.2. The molecule has 4 fully saturated rings. The summed E-state index contributed by atoms with van der Waals surface area (Å²) in [4.78, 5) is 0. The van der Waals surface area contributed by atoms with Crippen molar-refractivity contribution in [3.63, 3.8) is 0 Å². The van der Waals surface area contributed by atoms with Crippen molar-refractivity contribution >= 4 is 0 Å². The minimum absolute atomic E-state index is 0.00127. The smallest absolute Gasteiger partial charge is 0.187 e. The highest BCUT2D eigenvalue weighted by Crippen LogP contribution is 2.36. The molecule has 4 rings (SSSR count). The highest BCUT2D eigenvalue weighted by molar-refractivity contribution is 4.94. The summed E-state index contributed by atoms with van der Waals surface area (Å²) in [6.07, 6.45) is -3.91. The topological polar surface area (TPSA) is 168 Å². The lowest BCUT2D eigenvalue weighted by molar-refractivity contribution is -0.348. The average Bonchev–Trinajstić information content (AvgIpc) is 2.92. The molecule has 4 aliphatic rings. The third kappa shape index (κ3) is 7.50. The van der Waals surface area contributed by atoms with Crippen LogP contribution in [0.2, 0.25) is 0 Å². The Morgan fingerprint density at radius 3 is 2.10 bits per heavy atom. The molecule has 14 atom stereocenters. The van der Waals surface area contributed by atoms with Crippen molar-refractivity contribution in [3.05, 3.63) is 0 Å². The van der Waals surface area contributed by atoms with E-state index in [-0.39, 0.29) is 12.0 Å². The van der Waals surface area contributed by atoms with Crippen molar-refractivity contribution in [2.45, 2.75) is 158 Å². The van der Waals surface area contributed by atoms with Gasteiger partial charge in [0.1, 0.15) is 42.7 Å². The zero-order valence-electron chi connectivity index (χ0n) is 23.5. The lowest BCUT2D eigenvalue weighted by Gasteiger charge is -2.47. The van der Waals surface area contributed by atoms with Crippen LogP contribution in [0.1, 0.15) is 78.6 Å². The molecule has 2 heterocycles. The molecule has 0 bridgehead atoms. The predicted octanol–water partition coefficient (Wildman–Crippen LogP) is 0.587. The maximum atomic E-state index is 11.2. The third-order valence-corrected chi connectivity index (χ3v) is 9.09. The summed E-state index contributed by atoms with van der Waals surface area (Å²) in [6.45, 7) is 5.06. The molecule has 0 radical (unpaired) electrons. The van der Waals surface area contributed by atoms with Crippen molar-refractivity contribution in [1.82, 2.24) is 0 Å². The fourth-order valence-electron chi connectivity index (χ4n) is 6.70. The second-order valence-electron chi connectivity index (χ2n) is 12.2. The first-order chi connectivity index (χ1) is 18.6. The van der Waals surface area contributed by atoms with E-state index >= 15 is 0 Å². The zero-order valence-corrected chi connectivity index (χ0v) is 23.5. The van der Waals surface area contributed by atoms with Gasteiger partial charge in [-0.15, -0.1) is 0 Å². The van der Waals surface area contributed by atoms with Gasteiger partial charge in [0.05, 0.1) is 31.0 Å². The van der Waals surface area contributed by atoms with E-state index in [0.717, 1.165) is 32.1 Å². The highest BCUT2D eigenvalue weighted by atomic mass is 16.7. The Morgan fingerprint density at radius 1 is 0.718 bits per heavy atom. The van der Waals surface area contributed by atoms with E-state index in [1.54, 1.807) is 6.92 Å². The van der Waals surface area contributed by atoms with Crippen LogP contribution in [0.4, 0.5) is 0 Å². The molecule has 13 unspecified atom stereocenters. The van der Waals surface area contributed by atoms with E-state index in [9.17, 15) is 30.6 Å². The minimum atomic E-state index is -1.44. The van der Waals surface area contributed by atoms with Gasteiger partial charge in [-0.05, 0) is 44.9 Å². The van der Waals surface area contributed by atoms with Gasteiger partial charge in [0, 0.05) is 0 Å². The summed E-state index contributed by atoms with van der Waals surface area (Å²) in [5.41, 5.74) is 0. The van der Waals surface area contributed by atoms with Crippen molar-refractivity contribution in [2.75, 3.05) is 6.61 Å². The van der Waals surface area contributed by atoms with Crippen LogP contribution >= 0.6 is 0 Å². The van der Waals surface area contributed by atoms with Crippen LogP contribution in [0.15, 0.2) is 0 Å². The van der Waals surface area contributed by atoms with Crippen LogP contribution in [0.5, 0.6) is 0 Å². The van der Waals surface area contributed by atoms with Crippen molar-refractivity contribution in [2.24, 2.45) is 11.8 Å². The second-order valence-corrected chi connectivity index (χ2v) is 12.2. The number of aliphatic hydroxyl groups excluding tert-OH is 6. The maximum absolute atomic E-state index is 11.2. The van der Waals surface area contributed by atoms with Gasteiger partial charge in [-0.3, -0.25) is 0 Å². The van der Waals surface area contributed by atoms with Crippen LogP contribution in [0.3, 0.4) is 0 Å². The molecule has 6 N–H and O–H groups in total. The fourth-order valence-corrected chi connectivity index (χ4v) is 6.70. The van der Waals surface area contributed by atoms with E-state index in [1.807, 2.05) is 13.8 Å². The van der Waals surface area contributed by atoms with Gasteiger partial charge in [-0.25, -0.2) is 0 Å². The maximum Gasteiger partial charge on any atom is 0.187 e. The lowest BCUT2D eigenvalue weighted by Crippen LogP contribution is -2.62. The number of hydrogen-bond acceptors (Lipinski definition) is 11. The molecule has 0 aromatic rings. The number of aliphatic hydroxyl groups is 6. The molecule has 2 saturated carbocycles. The van der Waals surface area contributed by atoms with Crippen LogP contribution in [0.25, 0.3) is 0 Å². The second kappa shape index (κ2) is 14.2. The molecule has 11 heteroatoms. The number of rotatable bonds is 9. The van der Waals surface area contributed by atoms with Crippen molar-refractivity contribution in [1.29, 1.82) is 0 Å². The molecule has 0 spiro atoms. The first kappa shape index (κ1) is 31.5. The van der Waals surface area contributed by atoms with Crippen molar-refractivity contribution < 1.29 is 54.3 Å². The standard InChI is InChI=1S/C28H50O11/c1-14-8-7-11-18(25(14)39-27-23(33)22(32)20(30)16(3)36-27)37-28-24(34)26(21(31)19(13-29)38-28)35-15(2)12-17-9-5-4-6-10-17/h14-34H,4-13H2,1-3H3/t14?,15-,16?,18?,19?,20?,21?,22?,23?,24?,25?,26?,27?,28?/m1/s1. The van der Waals surface area contributed by atoms with E-state index in [0.29, 0.717) is 12.3 Å². The summed E-state index contributed by atoms with van der Waals surface area (Å²) >= 11 is 0. The van der Waals surface area contributed by atoms with Crippen LogP contribution in [0, 0.1) is 11.8 Å². The Balaban J connectivity index is 1.42. The van der Waals surface area contributed by atoms with E-state index in [2.05, 4.69) is 0 Å². The first-order valence-electron chi connectivity index (χ1n) is 14.9. The SMILES string of the molecule is CC1CCCC(OC2OC(CO)C(O)C(O[C@H](C)CC3CCCCC3)C2O)C1OC1OC(C)C(O)C(O)C1O. The quantitative estimate of drug-likeness (QED) is 0.233. The zero-order chi connectivity index (χ0) is 28.3. The van der Waals surface area contributed by atoms with Gasteiger partial charge < -0.3 is 54.3 Å². The fraction of sp³-hybridized carbons (Fsp3) is 1.00. The molecule has 2 aliphatic heterocycles. The van der Waals surface area contributed by atoms with Gasteiger partial charge in [0.25, 0.3) is 0 Å². The summed E-state index contributed by atoms with van der Waals surface area (Å²) in [5, 5.41) is 62.7. The van der Waals surface area contributed by atoms with Gasteiger partial charge >= 0.3 is 0 Å². The van der Waals surface area contributed by atoms with Gasteiger partial charge in [-0.2, -0.15) is 0 Å². The van der Waals surface area contributed by atoms with Crippen molar-refractivity contribution in [3.8, 4) is 0 Å². The first-order valence-corrected chi connectivity index (χ1v) is 14.9. The summed E-state index contributed by atoms with van der Waals surface area (Å²) in [7, 11) is 0. The monoisotopic (exact) mass is 562 g/mol. The molecular formula is C28H50O11. The Labute approximate surface area is 231 Å². The summed E-state index contributed by atoms with van der Waals surface area (Å²) < 4.78 is 30.1. The third-order valence-electron chi connectivity index (χ3n) is 9.09. The predicted molar refractivity (Wildman–Crippen MR) is 138 cm³/mol. The van der Waals surface area contributed by atoms with E-state index in [4.69, 9.17) is 23.7 Å². The molecule has 0 aromatic carbocycles.